The maximum atomic E-state index is 9.17. The van der Waals surface area contributed by atoms with Crippen LogP contribution in [0.5, 0.6) is 0 Å². The second-order valence-electron chi connectivity index (χ2n) is 0.283. The molecule has 30 valence electrons. The Bertz CT molecular complexity index is 32.6. The van der Waals surface area contributed by atoms with Gasteiger partial charge in [0.15, 0.2) is 0 Å². The van der Waals surface area contributed by atoms with Crippen molar-refractivity contribution in [2.45, 2.75) is 0 Å². The first-order valence-electron chi connectivity index (χ1n) is 0.651. The topological polar surface area (TPSA) is 17.1 Å². The van der Waals surface area contributed by atoms with Crippen molar-refractivity contribution in [3.05, 3.63) is 0 Å². The SMILES string of the molecule is O=C(S)S.[Te]. The largest absolute Gasteiger partial charge is 0.275 e. The maximum Gasteiger partial charge on any atom is 0.239 e. The number of carbonyl (C=O) groups excluding carboxylic acids is 1. The minimum absolute atomic E-state index is 0. The van der Waals surface area contributed by atoms with E-state index in [1.54, 1.807) is 0 Å². The Balaban J connectivity index is 0. The van der Waals surface area contributed by atoms with Crippen LogP contribution in [0.2, 0.25) is 0 Å². The zero-order chi connectivity index (χ0) is 3.58. The van der Waals surface area contributed by atoms with Gasteiger partial charge in [-0.05, 0) is 0 Å². The average Bonchev–Trinajstić information content (AvgIpc) is 0.811. The fraction of sp³-hybridized carbons (Fsp3) is 0. The van der Waals surface area contributed by atoms with E-state index in [1.165, 1.54) is 0 Å². The van der Waals surface area contributed by atoms with Gasteiger partial charge in [0, 0.05) is 23.7 Å². The Morgan fingerprint density at radius 3 is 1.40 bits per heavy atom. The molecule has 0 fully saturated rings. The standard InChI is InChI=1S/CH2OS2.Te/c2-1(3)4;/h(H2,2,3,4);. The van der Waals surface area contributed by atoms with Gasteiger partial charge in [0.1, 0.15) is 0 Å². The molecule has 0 aliphatic heterocycles. The smallest absolute Gasteiger partial charge is 0.239 e. The summed E-state index contributed by atoms with van der Waals surface area (Å²) in [5, 5.41) is 0. The second-order valence-corrected chi connectivity index (χ2v) is 1.45. The second kappa shape index (κ2) is 5.16. The van der Waals surface area contributed by atoms with Crippen molar-refractivity contribution in [1.29, 1.82) is 0 Å². The third kappa shape index (κ3) is 38.3. The molecule has 0 aliphatic rings. The Labute approximate surface area is 58.1 Å². The minimum Gasteiger partial charge on any atom is -0.275 e. The third-order valence-corrected chi connectivity index (χ3v) is 0. The molecule has 0 atom stereocenters. The van der Waals surface area contributed by atoms with Crippen LogP contribution < -0.4 is 0 Å². The molecule has 0 aliphatic carbocycles. The summed E-state index contributed by atoms with van der Waals surface area (Å²) >= 11 is 6.38. The van der Waals surface area contributed by atoms with E-state index in [4.69, 9.17) is 0 Å². The molecule has 0 rings (SSSR count). The van der Waals surface area contributed by atoms with E-state index in [9.17, 15) is 4.79 Å². The number of rotatable bonds is 0. The molecule has 0 unspecified atom stereocenters. The van der Waals surface area contributed by atoms with Crippen LogP contribution in [0.1, 0.15) is 0 Å². The fourth-order valence-corrected chi connectivity index (χ4v) is 0. The van der Waals surface area contributed by atoms with E-state index in [-0.39, 0.29) is 23.7 Å². The molecule has 0 amide bonds. The van der Waals surface area contributed by atoms with E-state index >= 15 is 0 Å². The van der Waals surface area contributed by atoms with Crippen molar-refractivity contribution in [2.75, 3.05) is 0 Å². The first kappa shape index (κ1) is 9.48. The Kier molecular flexibility index (Phi) is 9.78. The van der Waals surface area contributed by atoms with Crippen LogP contribution in [-0.2, 0) is 0 Å². The molecule has 2 radical (unpaired) electrons. The van der Waals surface area contributed by atoms with Crippen molar-refractivity contribution in [2.24, 2.45) is 0 Å². The molecule has 0 aromatic carbocycles. The maximum absolute atomic E-state index is 9.17. The number of hydrogen-bond donors (Lipinski definition) is 2. The molecule has 0 saturated heterocycles. The van der Waals surface area contributed by atoms with E-state index in [0.29, 0.717) is 0 Å². The van der Waals surface area contributed by atoms with Crippen LogP contribution in [0.25, 0.3) is 0 Å². The summed E-state index contributed by atoms with van der Waals surface area (Å²) < 4.78 is -0.444. The monoisotopic (exact) mass is 224 g/mol. The van der Waals surface area contributed by atoms with E-state index < -0.39 is 4.45 Å². The normalized spacial score (nSPS) is 5.20. The van der Waals surface area contributed by atoms with Crippen LogP contribution >= 0.6 is 25.3 Å². The third-order valence-electron chi connectivity index (χ3n) is 0. The molecule has 0 heterocycles. The van der Waals surface area contributed by atoms with Gasteiger partial charge in [0.25, 0.3) is 0 Å². The summed E-state index contributed by atoms with van der Waals surface area (Å²) in [6.45, 7) is 0. The zero-order valence-corrected chi connectivity index (χ0v) is 6.33. The van der Waals surface area contributed by atoms with E-state index in [1.807, 2.05) is 0 Å². The van der Waals surface area contributed by atoms with Gasteiger partial charge in [-0.15, -0.1) is 0 Å². The molecular formula is CH2OS2Te. The number of hydrogen-bond acceptors (Lipinski definition) is 1. The summed E-state index contributed by atoms with van der Waals surface area (Å²) in [6, 6.07) is 0. The molecule has 5 heavy (non-hydrogen) atoms. The van der Waals surface area contributed by atoms with Crippen LogP contribution in [0.3, 0.4) is 0 Å². The van der Waals surface area contributed by atoms with Crippen molar-refractivity contribution < 1.29 is 4.79 Å². The summed E-state index contributed by atoms with van der Waals surface area (Å²) in [5.41, 5.74) is 0. The van der Waals surface area contributed by atoms with Crippen LogP contribution in [0.4, 0.5) is 4.79 Å². The first-order valence-corrected chi connectivity index (χ1v) is 1.55. The van der Waals surface area contributed by atoms with Gasteiger partial charge in [0.05, 0.1) is 0 Å². The van der Waals surface area contributed by atoms with Crippen molar-refractivity contribution in [1.82, 2.24) is 0 Å². The molecular weight excluding hydrogens is 220 g/mol. The van der Waals surface area contributed by atoms with E-state index in [2.05, 4.69) is 25.3 Å². The summed E-state index contributed by atoms with van der Waals surface area (Å²) in [6.07, 6.45) is 0. The Morgan fingerprint density at radius 1 is 1.40 bits per heavy atom. The van der Waals surface area contributed by atoms with Crippen molar-refractivity contribution in [3.63, 3.8) is 0 Å². The van der Waals surface area contributed by atoms with Gasteiger partial charge >= 0.3 is 0 Å². The predicted octanol–water partition coefficient (Wildman–Crippen LogP) is 0.585. The molecule has 0 N–H and O–H groups in total. The van der Waals surface area contributed by atoms with Crippen LogP contribution in [0.15, 0.2) is 0 Å². The quantitative estimate of drug-likeness (QED) is 0.452. The minimum atomic E-state index is -0.444. The van der Waals surface area contributed by atoms with Crippen LogP contribution in [0, 0.1) is 0 Å². The summed E-state index contributed by atoms with van der Waals surface area (Å²) in [5.74, 6) is 0. The average molecular weight is 222 g/mol. The number of carbonyl (C=O) groups is 1. The van der Waals surface area contributed by atoms with Crippen molar-refractivity contribution >= 4 is 53.4 Å². The summed E-state index contributed by atoms with van der Waals surface area (Å²) in [4.78, 5) is 9.17. The number of thiol groups is 2. The van der Waals surface area contributed by atoms with Gasteiger partial charge in [-0.2, -0.15) is 0 Å². The molecule has 0 spiro atoms. The van der Waals surface area contributed by atoms with Crippen LogP contribution in [-0.4, -0.2) is 28.1 Å². The Morgan fingerprint density at radius 2 is 1.40 bits per heavy atom. The molecule has 4 heteroatoms. The van der Waals surface area contributed by atoms with Gasteiger partial charge < -0.3 is 0 Å². The molecule has 1 nitrogen and oxygen atoms in total. The summed E-state index contributed by atoms with van der Waals surface area (Å²) in [7, 11) is 0. The van der Waals surface area contributed by atoms with Gasteiger partial charge in [0.2, 0.25) is 4.45 Å². The molecule has 0 bridgehead atoms. The van der Waals surface area contributed by atoms with Gasteiger partial charge in [-0.25, -0.2) is 0 Å². The van der Waals surface area contributed by atoms with Gasteiger partial charge in [-0.1, -0.05) is 25.3 Å². The van der Waals surface area contributed by atoms with E-state index in [0.717, 1.165) is 0 Å². The molecule has 0 aromatic rings. The molecule has 0 saturated carbocycles. The predicted molar refractivity (Wildman–Crippen MR) is 29.1 cm³/mol. The van der Waals surface area contributed by atoms with Gasteiger partial charge in [-0.3, -0.25) is 4.79 Å². The first-order chi connectivity index (χ1) is 1.73. The van der Waals surface area contributed by atoms with Crippen molar-refractivity contribution in [3.8, 4) is 0 Å². The fourth-order valence-electron chi connectivity index (χ4n) is 0. The zero-order valence-electron chi connectivity index (χ0n) is 2.21. The molecule has 0 aromatic heterocycles. The Hall–Kier alpha value is 1.16.